The van der Waals surface area contributed by atoms with Gasteiger partial charge in [-0.1, -0.05) is 6.07 Å². The molecule has 1 heterocycles. The monoisotopic (exact) mass is 292 g/mol. The molecule has 8 heteroatoms. The number of rotatable bonds is 4. The lowest BCUT2D eigenvalue weighted by Gasteiger charge is -2.05. The van der Waals surface area contributed by atoms with Gasteiger partial charge in [0, 0.05) is 18.0 Å². The van der Waals surface area contributed by atoms with Gasteiger partial charge in [-0.2, -0.15) is 0 Å². The Labute approximate surface area is 118 Å². The summed E-state index contributed by atoms with van der Waals surface area (Å²) in [6.07, 6.45) is 0. The molecule has 1 aromatic heterocycles. The number of aryl methyl sites for hydroxylation is 1. The van der Waals surface area contributed by atoms with E-state index in [-0.39, 0.29) is 23.6 Å². The number of amides is 1. The first-order chi connectivity index (χ1) is 9.51. The van der Waals surface area contributed by atoms with Crippen molar-refractivity contribution in [2.45, 2.75) is 13.5 Å². The Morgan fingerprint density at radius 1 is 1.55 bits per heavy atom. The molecule has 0 saturated carbocycles. The number of thiazole rings is 1. The maximum atomic E-state index is 12.0. The van der Waals surface area contributed by atoms with Crippen LogP contribution < -0.4 is 11.1 Å². The number of benzene rings is 1. The Morgan fingerprint density at radius 3 is 2.90 bits per heavy atom. The van der Waals surface area contributed by atoms with Crippen LogP contribution in [0.15, 0.2) is 23.6 Å². The number of hydrogen-bond acceptors (Lipinski definition) is 6. The highest BCUT2D eigenvalue weighted by atomic mass is 32.1. The smallest absolute Gasteiger partial charge is 0.292 e. The highest BCUT2D eigenvalue weighted by molar-refractivity contribution is 7.09. The Hall–Kier alpha value is -2.32. The Kier molecular flexibility index (Phi) is 4.06. The van der Waals surface area contributed by atoms with Crippen LogP contribution in [0.5, 0.6) is 0 Å². The van der Waals surface area contributed by atoms with Crippen molar-refractivity contribution >= 4 is 28.6 Å². The fourth-order valence-corrected chi connectivity index (χ4v) is 2.26. The van der Waals surface area contributed by atoms with Crippen molar-refractivity contribution in [1.29, 1.82) is 0 Å². The van der Waals surface area contributed by atoms with Crippen molar-refractivity contribution in [3.63, 3.8) is 0 Å². The van der Waals surface area contributed by atoms with Crippen LogP contribution in [0.4, 0.5) is 11.4 Å². The molecule has 0 saturated heterocycles. The number of aromatic nitrogens is 1. The zero-order chi connectivity index (χ0) is 14.7. The standard InChI is InChI=1S/C12H12N4O3S/c1-7-2-3-10(16(18)19)8(4-7)15-12(17)9-6-20-11(5-13)14-9/h2-4,6H,5,13H2,1H3,(H,15,17). The number of nitro benzene ring substituents is 1. The summed E-state index contributed by atoms with van der Waals surface area (Å²) in [4.78, 5) is 26.4. The van der Waals surface area contributed by atoms with Crippen molar-refractivity contribution in [1.82, 2.24) is 4.98 Å². The van der Waals surface area contributed by atoms with E-state index in [9.17, 15) is 14.9 Å². The molecule has 2 aromatic rings. The molecule has 104 valence electrons. The first-order valence-corrected chi connectivity index (χ1v) is 6.60. The number of nitrogens with zero attached hydrogens (tertiary/aromatic N) is 2. The average Bonchev–Trinajstić information content (AvgIpc) is 2.87. The van der Waals surface area contributed by atoms with Gasteiger partial charge in [-0.15, -0.1) is 11.3 Å². The van der Waals surface area contributed by atoms with Crippen molar-refractivity contribution in [3.8, 4) is 0 Å². The third-order valence-electron chi connectivity index (χ3n) is 2.56. The molecular formula is C12H12N4O3S. The number of anilines is 1. The normalized spacial score (nSPS) is 10.3. The van der Waals surface area contributed by atoms with E-state index in [0.717, 1.165) is 5.56 Å². The van der Waals surface area contributed by atoms with Crippen LogP contribution in [-0.2, 0) is 6.54 Å². The average molecular weight is 292 g/mol. The number of carbonyl (C=O) groups excluding carboxylic acids is 1. The van der Waals surface area contributed by atoms with E-state index in [1.807, 2.05) is 0 Å². The molecule has 0 radical (unpaired) electrons. The fraction of sp³-hybridized carbons (Fsp3) is 0.167. The lowest BCUT2D eigenvalue weighted by Crippen LogP contribution is -2.14. The molecule has 0 aliphatic heterocycles. The topological polar surface area (TPSA) is 111 Å². The van der Waals surface area contributed by atoms with E-state index in [2.05, 4.69) is 10.3 Å². The second-order valence-corrected chi connectivity index (χ2v) is 5.01. The number of hydrogen-bond donors (Lipinski definition) is 2. The van der Waals surface area contributed by atoms with Gasteiger partial charge in [-0.05, 0) is 18.6 Å². The predicted molar refractivity (Wildman–Crippen MR) is 75.8 cm³/mol. The summed E-state index contributed by atoms with van der Waals surface area (Å²) in [6.45, 7) is 2.04. The van der Waals surface area contributed by atoms with Crippen LogP contribution in [0.25, 0.3) is 0 Å². The molecular weight excluding hydrogens is 280 g/mol. The summed E-state index contributed by atoms with van der Waals surface area (Å²) < 4.78 is 0. The van der Waals surface area contributed by atoms with Gasteiger partial charge in [0.2, 0.25) is 0 Å². The molecule has 0 aliphatic carbocycles. The summed E-state index contributed by atoms with van der Waals surface area (Å²) in [5, 5.41) is 15.6. The molecule has 3 N–H and O–H groups in total. The predicted octanol–water partition coefficient (Wildman–Crippen LogP) is 2.07. The van der Waals surface area contributed by atoms with Crippen molar-refractivity contribution in [2.24, 2.45) is 5.73 Å². The quantitative estimate of drug-likeness (QED) is 0.662. The number of carbonyl (C=O) groups is 1. The SMILES string of the molecule is Cc1ccc([N+](=O)[O-])c(NC(=O)c2csc(CN)n2)c1. The number of nitrogens with two attached hydrogens (primary N) is 1. The fourth-order valence-electron chi connectivity index (χ4n) is 1.60. The van der Waals surface area contributed by atoms with E-state index in [1.54, 1.807) is 24.4 Å². The number of nitrogens with one attached hydrogen (secondary N) is 1. The van der Waals surface area contributed by atoms with Gasteiger partial charge in [0.15, 0.2) is 0 Å². The maximum absolute atomic E-state index is 12.0. The molecule has 1 aromatic carbocycles. The third-order valence-corrected chi connectivity index (χ3v) is 3.43. The first kappa shape index (κ1) is 14.1. The molecule has 1 amide bonds. The zero-order valence-corrected chi connectivity index (χ0v) is 11.4. The van der Waals surface area contributed by atoms with Gasteiger partial charge < -0.3 is 11.1 Å². The molecule has 0 bridgehead atoms. The van der Waals surface area contributed by atoms with Crippen LogP contribution in [0.2, 0.25) is 0 Å². The van der Waals surface area contributed by atoms with Gasteiger partial charge in [0.05, 0.1) is 4.92 Å². The summed E-state index contributed by atoms with van der Waals surface area (Å²) in [5.41, 5.74) is 6.44. The highest BCUT2D eigenvalue weighted by Gasteiger charge is 2.18. The largest absolute Gasteiger partial charge is 0.325 e. The minimum Gasteiger partial charge on any atom is -0.325 e. The first-order valence-electron chi connectivity index (χ1n) is 5.72. The van der Waals surface area contributed by atoms with Crippen LogP contribution in [0, 0.1) is 17.0 Å². The van der Waals surface area contributed by atoms with E-state index >= 15 is 0 Å². The van der Waals surface area contributed by atoms with Gasteiger partial charge in [-0.3, -0.25) is 14.9 Å². The van der Waals surface area contributed by atoms with E-state index in [1.165, 1.54) is 17.4 Å². The van der Waals surface area contributed by atoms with Gasteiger partial charge in [0.25, 0.3) is 11.6 Å². The summed E-state index contributed by atoms with van der Waals surface area (Å²) >= 11 is 1.27. The van der Waals surface area contributed by atoms with Gasteiger partial charge in [-0.25, -0.2) is 4.98 Å². The molecule has 2 rings (SSSR count). The van der Waals surface area contributed by atoms with Crippen molar-refractivity contribution in [2.75, 3.05) is 5.32 Å². The summed E-state index contributed by atoms with van der Waals surface area (Å²) in [7, 11) is 0. The molecule has 0 unspecified atom stereocenters. The lowest BCUT2D eigenvalue weighted by atomic mass is 10.2. The van der Waals surface area contributed by atoms with Crippen LogP contribution >= 0.6 is 11.3 Å². The third kappa shape index (κ3) is 2.98. The van der Waals surface area contributed by atoms with E-state index in [0.29, 0.717) is 5.01 Å². The second kappa shape index (κ2) is 5.76. The Bertz CT molecular complexity index is 668. The molecule has 0 spiro atoms. The Morgan fingerprint density at radius 2 is 2.30 bits per heavy atom. The van der Waals surface area contributed by atoms with Gasteiger partial charge >= 0.3 is 0 Å². The highest BCUT2D eigenvalue weighted by Crippen LogP contribution is 2.25. The van der Waals surface area contributed by atoms with E-state index < -0.39 is 10.8 Å². The molecule has 0 aliphatic rings. The zero-order valence-electron chi connectivity index (χ0n) is 10.6. The van der Waals surface area contributed by atoms with Crippen molar-refractivity contribution in [3.05, 3.63) is 50.0 Å². The van der Waals surface area contributed by atoms with Gasteiger partial charge in [0.1, 0.15) is 16.4 Å². The lowest BCUT2D eigenvalue weighted by molar-refractivity contribution is -0.383. The molecule has 20 heavy (non-hydrogen) atoms. The maximum Gasteiger partial charge on any atom is 0.292 e. The van der Waals surface area contributed by atoms with Crippen molar-refractivity contribution < 1.29 is 9.72 Å². The molecule has 0 atom stereocenters. The van der Waals surface area contributed by atoms with Crippen LogP contribution in [0.3, 0.4) is 0 Å². The minimum atomic E-state index is -0.540. The van der Waals surface area contributed by atoms with E-state index in [4.69, 9.17) is 5.73 Å². The summed E-state index contributed by atoms with van der Waals surface area (Å²) in [6, 6.07) is 4.52. The summed E-state index contributed by atoms with van der Waals surface area (Å²) in [5.74, 6) is -0.491. The van der Waals surface area contributed by atoms with Crippen LogP contribution in [-0.4, -0.2) is 15.8 Å². The minimum absolute atomic E-state index is 0.154. The molecule has 0 fully saturated rings. The molecule has 7 nitrogen and oxygen atoms in total. The van der Waals surface area contributed by atoms with Crippen LogP contribution in [0.1, 0.15) is 21.1 Å². The Balaban J connectivity index is 2.27. The number of nitro groups is 1. The second-order valence-electron chi connectivity index (χ2n) is 4.06.